The number of carbonyl (C=O) groups is 1. The van der Waals surface area contributed by atoms with E-state index in [1.165, 1.54) is 11.3 Å². The second-order valence-electron chi connectivity index (χ2n) is 5.74. The fourth-order valence-electron chi connectivity index (χ4n) is 2.57. The van der Waals surface area contributed by atoms with Crippen molar-refractivity contribution in [2.75, 3.05) is 5.32 Å². The van der Waals surface area contributed by atoms with Gasteiger partial charge in [-0.15, -0.1) is 11.3 Å². The van der Waals surface area contributed by atoms with Gasteiger partial charge in [-0.3, -0.25) is 4.79 Å². The van der Waals surface area contributed by atoms with E-state index in [0.717, 1.165) is 11.4 Å². The number of ether oxygens (including phenoxy) is 1. The zero-order chi connectivity index (χ0) is 18.5. The van der Waals surface area contributed by atoms with E-state index in [-0.39, 0.29) is 5.91 Å². The van der Waals surface area contributed by atoms with E-state index in [0.29, 0.717) is 23.6 Å². The number of nitrogens with one attached hydrogen (secondary N) is 1. The Bertz CT molecular complexity index is 1010. The van der Waals surface area contributed by atoms with E-state index in [9.17, 15) is 4.79 Å². The Morgan fingerprint density at radius 2 is 2.00 bits per heavy atom. The first-order valence-electron chi connectivity index (χ1n) is 8.28. The summed E-state index contributed by atoms with van der Waals surface area (Å²) in [5, 5.41) is 4.83. The Balaban J connectivity index is 1.46. The summed E-state index contributed by atoms with van der Waals surface area (Å²) in [7, 11) is 0. The third-order valence-electron chi connectivity index (χ3n) is 3.92. The highest BCUT2D eigenvalue weighted by molar-refractivity contribution is 7.07. The average Bonchev–Trinajstić information content (AvgIpc) is 3.41. The second-order valence-corrected chi connectivity index (χ2v) is 6.45. The highest BCUT2D eigenvalue weighted by Gasteiger charge is 2.13. The Labute approximate surface area is 160 Å². The number of thiazole rings is 1. The fourth-order valence-corrected chi connectivity index (χ4v) is 3.11. The first-order valence-corrected chi connectivity index (χ1v) is 9.22. The molecule has 0 aliphatic heterocycles. The van der Waals surface area contributed by atoms with Crippen LogP contribution in [-0.4, -0.2) is 20.4 Å². The summed E-state index contributed by atoms with van der Waals surface area (Å²) in [6.07, 6.45) is 5.31. The molecular weight excluding hydrogens is 360 g/mol. The molecule has 0 aliphatic carbocycles. The molecule has 0 bridgehead atoms. The van der Waals surface area contributed by atoms with Gasteiger partial charge in [0.2, 0.25) is 0 Å². The lowest BCUT2D eigenvalue weighted by molar-refractivity contribution is 0.102. The van der Waals surface area contributed by atoms with Crippen molar-refractivity contribution in [2.24, 2.45) is 0 Å². The lowest BCUT2D eigenvalue weighted by Crippen LogP contribution is -2.13. The number of para-hydroxylation sites is 1. The van der Waals surface area contributed by atoms with Gasteiger partial charge in [0.15, 0.2) is 0 Å². The molecule has 0 fully saturated rings. The summed E-state index contributed by atoms with van der Waals surface area (Å²) in [5.41, 5.74) is 4.75. The molecule has 0 saturated heterocycles. The number of hydrogen-bond acceptors (Lipinski definition) is 5. The molecule has 6 nitrogen and oxygen atoms in total. The van der Waals surface area contributed by atoms with Crippen molar-refractivity contribution in [3.8, 4) is 11.4 Å². The Morgan fingerprint density at radius 3 is 2.74 bits per heavy atom. The minimum absolute atomic E-state index is 0.223. The molecule has 2 aromatic heterocycles. The molecule has 0 aliphatic rings. The van der Waals surface area contributed by atoms with Crippen LogP contribution in [0.1, 0.15) is 16.1 Å². The molecule has 0 radical (unpaired) electrons. The summed E-state index contributed by atoms with van der Waals surface area (Å²) in [5.74, 6) is 0.303. The van der Waals surface area contributed by atoms with Crippen LogP contribution in [0.15, 0.2) is 78.1 Å². The van der Waals surface area contributed by atoms with Crippen LogP contribution in [0.3, 0.4) is 0 Å². The predicted octanol–water partition coefficient (Wildman–Crippen LogP) is 4.16. The average molecular weight is 376 g/mol. The maximum atomic E-state index is 12.7. The van der Waals surface area contributed by atoms with E-state index in [1.807, 2.05) is 52.5 Å². The molecule has 2 aromatic carbocycles. The Kier molecular flexibility index (Phi) is 4.93. The number of rotatable bonds is 6. The first kappa shape index (κ1) is 17.0. The van der Waals surface area contributed by atoms with Crippen LogP contribution < -0.4 is 10.1 Å². The molecule has 7 heteroatoms. The number of carbonyl (C=O) groups excluding carboxylic acids is 1. The highest BCUT2D eigenvalue weighted by atomic mass is 32.1. The van der Waals surface area contributed by atoms with Gasteiger partial charge in [-0.25, -0.2) is 9.97 Å². The van der Waals surface area contributed by atoms with Gasteiger partial charge in [-0.2, -0.15) is 0 Å². The maximum absolute atomic E-state index is 12.7. The standard InChI is InChI=1S/C20H16N4O2S/c25-20(23-15-5-7-17(8-6-15)24-10-9-21-13-24)18-3-1-2-4-19(18)26-11-16-12-27-14-22-16/h1-10,12-14H,11H2,(H,23,25). The fraction of sp³-hybridized carbons (Fsp3) is 0.0500. The van der Waals surface area contributed by atoms with Gasteiger partial charge >= 0.3 is 0 Å². The van der Waals surface area contributed by atoms with Crippen LogP contribution in [0.4, 0.5) is 5.69 Å². The zero-order valence-corrected chi connectivity index (χ0v) is 15.1. The predicted molar refractivity (Wildman–Crippen MR) is 104 cm³/mol. The van der Waals surface area contributed by atoms with Crippen LogP contribution in [0.5, 0.6) is 5.75 Å². The molecule has 0 atom stereocenters. The van der Waals surface area contributed by atoms with Crippen molar-refractivity contribution < 1.29 is 9.53 Å². The molecule has 134 valence electrons. The maximum Gasteiger partial charge on any atom is 0.259 e. The van der Waals surface area contributed by atoms with Gasteiger partial charge in [-0.1, -0.05) is 12.1 Å². The van der Waals surface area contributed by atoms with Crippen molar-refractivity contribution >= 4 is 22.9 Å². The minimum atomic E-state index is -0.223. The molecular formula is C20H16N4O2S. The van der Waals surface area contributed by atoms with Crippen molar-refractivity contribution in [1.82, 2.24) is 14.5 Å². The van der Waals surface area contributed by atoms with Crippen molar-refractivity contribution in [3.05, 3.63) is 89.4 Å². The minimum Gasteiger partial charge on any atom is -0.486 e. The Hall–Kier alpha value is -3.45. The van der Waals surface area contributed by atoms with E-state index in [4.69, 9.17) is 4.74 Å². The van der Waals surface area contributed by atoms with Gasteiger partial charge in [0.05, 0.1) is 23.1 Å². The van der Waals surface area contributed by atoms with E-state index < -0.39 is 0 Å². The molecule has 0 spiro atoms. The summed E-state index contributed by atoms with van der Waals surface area (Å²) in [4.78, 5) is 20.9. The molecule has 1 N–H and O–H groups in total. The van der Waals surface area contributed by atoms with E-state index in [2.05, 4.69) is 15.3 Å². The topological polar surface area (TPSA) is 69.0 Å². The normalized spacial score (nSPS) is 10.5. The molecule has 1 amide bonds. The van der Waals surface area contributed by atoms with Crippen LogP contribution in [0.25, 0.3) is 5.69 Å². The molecule has 0 unspecified atom stereocenters. The van der Waals surface area contributed by atoms with Crippen LogP contribution >= 0.6 is 11.3 Å². The van der Waals surface area contributed by atoms with E-state index in [1.54, 1.807) is 30.2 Å². The highest BCUT2D eigenvalue weighted by Crippen LogP contribution is 2.21. The van der Waals surface area contributed by atoms with Crippen LogP contribution in [0, 0.1) is 0 Å². The number of benzene rings is 2. The van der Waals surface area contributed by atoms with Crippen molar-refractivity contribution in [2.45, 2.75) is 6.61 Å². The van der Waals surface area contributed by atoms with Crippen LogP contribution in [0.2, 0.25) is 0 Å². The summed E-state index contributed by atoms with van der Waals surface area (Å²) < 4.78 is 7.68. The second kappa shape index (κ2) is 7.84. The molecule has 4 rings (SSSR count). The lowest BCUT2D eigenvalue weighted by Gasteiger charge is -2.11. The zero-order valence-electron chi connectivity index (χ0n) is 14.3. The monoisotopic (exact) mass is 376 g/mol. The number of anilines is 1. The summed E-state index contributed by atoms with van der Waals surface area (Å²) >= 11 is 1.51. The van der Waals surface area contributed by atoms with Gasteiger partial charge in [0, 0.05) is 29.1 Å². The third-order valence-corrected chi connectivity index (χ3v) is 4.55. The first-order chi connectivity index (χ1) is 13.3. The lowest BCUT2D eigenvalue weighted by atomic mass is 10.1. The van der Waals surface area contributed by atoms with Gasteiger partial charge in [0.1, 0.15) is 12.4 Å². The number of imidazole rings is 1. The van der Waals surface area contributed by atoms with E-state index >= 15 is 0 Å². The largest absolute Gasteiger partial charge is 0.486 e. The van der Waals surface area contributed by atoms with Gasteiger partial charge in [-0.05, 0) is 36.4 Å². The molecule has 4 aromatic rings. The number of amides is 1. The van der Waals surface area contributed by atoms with Gasteiger partial charge in [0.25, 0.3) is 5.91 Å². The molecule has 2 heterocycles. The van der Waals surface area contributed by atoms with Crippen LogP contribution in [-0.2, 0) is 6.61 Å². The number of aromatic nitrogens is 3. The third kappa shape index (κ3) is 4.04. The molecule has 0 saturated carbocycles. The van der Waals surface area contributed by atoms with Crippen molar-refractivity contribution in [1.29, 1.82) is 0 Å². The quantitative estimate of drug-likeness (QED) is 0.549. The summed E-state index contributed by atoms with van der Waals surface area (Å²) in [6.45, 7) is 0.327. The molecule has 27 heavy (non-hydrogen) atoms. The summed E-state index contributed by atoms with van der Waals surface area (Å²) in [6, 6.07) is 14.7. The number of nitrogens with zero attached hydrogens (tertiary/aromatic N) is 3. The Morgan fingerprint density at radius 1 is 1.15 bits per heavy atom. The van der Waals surface area contributed by atoms with Gasteiger partial charge < -0.3 is 14.6 Å². The SMILES string of the molecule is O=C(Nc1ccc(-n2ccnc2)cc1)c1ccccc1OCc1cscn1. The van der Waals surface area contributed by atoms with Crippen molar-refractivity contribution in [3.63, 3.8) is 0 Å². The number of hydrogen-bond donors (Lipinski definition) is 1. The smallest absolute Gasteiger partial charge is 0.259 e.